The van der Waals surface area contributed by atoms with Gasteiger partial charge in [0, 0.05) is 17.3 Å². The number of amides is 1. The molecule has 0 aliphatic carbocycles. The van der Waals surface area contributed by atoms with Crippen molar-refractivity contribution in [2.24, 2.45) is 0 Å². The number of hydrogen-bond acceptors (Lipinski definition) is 3. The van der Waals surface area contributed by atoms with E-state index in [4.69, 9.17) is 4.74 Å². The molecule has 2 aromatic rings. The van der Waals surface area contributed by atoms with E-state index in [-0.39, 0.29) is 12.2 Å². The summed E-state index contributed by atoms with van der Waals surface area (Å²) in [5.41, 5.74) is 2.12. The Bertz CT molecular complexity index is 704. The van der Waals surface area contributed by atoms with E-state index in [0.717, 1.165) is 16.0 Å². The van der Waals surface area contributed by atoms with Crippen molar-refractivity contribution in [1.29, 1.82) is 0 Å². The van der Waals surface area contributed by atoms with E-state index in [1.807, 2.05) is 6.92 Å². The third-order valence-electron chi connectivity index (χ3n) is 3.43. The molecule has 22 heavy (non-hydrogen) atoms. The first-order valence-electron chi connectivity index (χ1n) is 6.69. The zero-order valence-corrected chi connectivity index (χ0v) is 12.6. The lowest BCUT2D eigenvalue weighted by molar-refractivity contribution is 0.201. The van der Waals surface area contributed by atoms with Crippen LogP contribution in [0.15, 0.2) is 30.5 Å². The lowest BCUT2D eigenvalue weighted by atomic mass is 10.1. The molecule has 0 saturated carbocycles. The van der Waals surface area contributed by atoms with Gasteiger partial charge < -0.3 is 9.84 Å². The van der Waals surface area contributed by atoms with Crippen LogP contribution in [0.1, 0.15) is 16.8 Å². The third-order valence-corrected chi connectivity index (χ3v) is 3.43. The highest BCUT2D eigenvalue weighted by Crippen LogP contribution is 2.27. The molecule has 6 heteroatoms. The smallest absolute Gasteiger partial charge is 0.412 e. The Morgan fingerprint density at radius 2 is 2.05 bits per heavy atom. The van der Waals surface area contributed by atoms with Crippen LogP contribution < -0.4 is 9.64 Å². The number of pyridine rings is 1. The summed E-state index contributed by atoms with van der Waals surface area (Å²) in [6, 6.07) is 5.74. The molecule has 0 unspecified atom stereocenters. The molecule has 1 N–H and O–H groups in total. The lowest BCUT2D eigenvalue weighted by Gasteiger charge is -2.21. The first kappa shape index (κ1) is 15.8. The number of benzene rings is 1. The second-order valence-electron chi connectivity index (χ2n) is 4.87. The number of nitrogens with zero attached hydrogens (tertiary/aromatic N) is 2. The van der Waals surface area contributed by atoms with Crippen LogP contribution >= 0.6 is 0 Å². The van der Waals surface area contributed by atoms with E-state index in [1.165, 1.54) is 18.2 Å². The maximum Gasteiger partial charge on any atom is 0.412 e. The van der Waals surface area contributed by atoms with Crippen LogP contribution in [0, 0.1) is 19.7 Å². The predicted molar refractivity (Wildman–Crippen MR) is 80.9 cm³/mol. The van der Waals surface area contributed by atoms with Gasteiger partial charge in [0.05, 0.1) is 25.0 Å². The summed E-state index contributed by atoms with van der Waals surface area (Å²) in [5, 5.41) is 9.38. The molecule has 0 spiro atoms. The van der Waals surface area contributed by atoms with Crippen molar-refractivity contribution < 1.29 is 19.0 Å². The molecule has 0 bridgehead atoms. The van der Waals surface area contributed by atoms with Crippen LogP contribution in [0.4, 0.5) is 14.9 Å². The van der Waals surface area contributed by atoms with Gasteiger partial charge in [0.15, 0.2) is 0 Å². The molecule has 1 heterocycles. The van der Waals surface area contributed by atoms with E-state index in [0.29, 0.717) is 11.4 Å². The molecule has 1 aromatic heterocycles. The van der Waals surface area contributed by atoms with Crippen LogP contribution in [0.3, 0.4) is 0 Å². The summed E-state index contributed by atoms with van der Waals surface area (Å²) in [6.45, 7) is 3.60. The van der Waals surface area contributed by atoms with E-state index >= 15 is 0 Å². The highest BCUT2D eigenvalue weighted by molar-refractivity contribution is 5.86. The van der Waals surface area contributed by atoms with Gasteiger partial charge in [-0.1, -0.05) is 12.1 Å². The fraction of sp³-hybridized carbons (Fsp3) is 0.250. The SMILES string of the molecule is COc1c(C)cnc(CN(C(=O)O)c2ccccc2F)c1C. The van der Waals surface area contributed by atoms with Crippen molar-refractivity contribution >= 4 is 11.8 Å². The largest absolute Gasteiger partial charge is 0.496 e. The number of halogens is 1. The van der Waals surface area contributed by atoms with Gasteiger partial charge in [-0.2, -0.15) is 0 Å². The quantitative estimate of drug-likeness (QED) is 0.938. The summed E-state index contributed by atoms with van der Waals surface area (Å²) in [7, 11) is 1.55. The Morgan fingerprint density at radius 3 is 2.64 bits per heavy atom. The van der Waals surface area contributed by atoms with Crippen LogP contribution in [0.2, 0.25) is 0 Å². The molecule has 5 nitrogen and oxygen atoms in total. The highest BCUT2D eigenvalue weighted by Gasteiger charge is 2.21. The molecule has 0 fully saturated rings. The number of rotatable bonds is 4. The second-order valence-corrected chi connectivity index (χ2v) is 4.87. The Labute approximate surface area is 128 Å². The number of carboxylic acid groups (broad SMARTS) is 1. The van der Waals surface area contributed by atoms with Crippen molar-refractivity contribution in [3.05, 3.63) is 53.1 Å². The Hall–Kier alpha value is -2.63. The number of aromatic nitrogens is 1. The van der Waals surface area contributed by atoms with Crippen molar-refractivity contribution in [1.82, 2.24) is 4.98 Å². The summed E-state index contributed by atoms with van der Waals surface area (Å²) in [5.74, 6) is 0.0607. The minimum absolute atomic E-state index is 0.00394. The Kier molecular flexibility index (Phi) is 4.60. The van der Waals surface area contributed by atoms with Crippen molar-refractivity contribution in [3.8, 4) is 5.75 Å². The molecule has 1 amide bonds. The number of hydrogen-bond donors (Lipinski definition) is 1. The number of para-hydroxylation sites is 1. The molecule has 0 aliphatic rings. The summed E-state index contributed by atoms with van der Waals surface area (Å²) in [4.78, 5) is 16.7. The monoisotopic (exact) mass is 304 g/mol. The number of anilines is 1. The molecule has 0 aliphatic heterocycles. The molecular formula is C16H17FN2O3. The molecule has 1 aromatic carbocycles. The minimum atomic E-state index is -1.24. The average Bonchev–Trinajstić information content (AvgIpc) is 2.48. The molecule has 0 radical (unpaired) electrons. The molecule has 116 valence electrons. The number of aryl methyl sites for hydroxylation is 1. The van der Waals surface area contributed by atoms with Gasteiger partial charge in [0.1, 0.15) is 11.6 Å². The summed E-state index contributed by atoms with van der Waals surface area (Å²) >= 11 is 0. The van der Waals surface area contributed by atoms with Crippen LogP contribution in [0.25, 0.3) is 0 Å². The van der Waals surface area contributed by atoms with Gasteiger partial charge in [-0.25, -0.2) is 9.18 Å². The van der Waals surface area contributed by atoms with Crippen molar-refractivity contribution in [2.75, 3.05) is 12.0 Å². The maximum absolute atomic E-state index is 13.9. The minimum Gasteiger partial charge on any atom is -0.496 e. The molecule has 0 atom stereocenters. The number of carbonyl (C=O) groups is 1. The fourth-order valence-electron chi connectivity index (χ4n) is 2.31. The second kappa shape index (κ2) is 6.43. The van der Waals surface area contributed by atoms with Gasteiger partial charge >= 0.3 is 6.09 Å². The van der Waals surface area contributed by atoms with E-state index in [2.05, 4.69) is 4.98 Å². The summed E-state index contributed by atoms with van der Waals surface area (Å²) < 4.78 is 19.2. The first-order valence-corrected chi connectivity index (χ1v) is 6.69. The van der Waals surface area contributed by atoms with Gasteiger partial charge in [-0.05, 0) is 26.0 Å². The lowest BCUT2D eigenvalue weighted by Crippen LogP contribution is -2.30. The zero-order chi connectivity index (χ0) is 16.3. The van der Waals surface area contributed by atoms with Gasteiger partial charge in [0.2, 0.25) is 0 Å². The highest BCUT2D eigenvalue weighted by atomic mass is 19.1. The van der Waals surface area contributed by atoms with E-state index < -0.39 is 11.9 Å². The predicted octanol–water partition coefficient (Wildman–Crippen LogP) is 3.53. The molecule has 2 rings (SSSR count). The molecular weight excluding hydrogens is 287 g/mol. The standard InChI is InChI=1S/C16H17FN2O3/c1-10-8-18-13(11(2)15(10)22-3)9-19(16(20)21)14-7-5-4-6-12(14)17/h4-8H,9H2,1-3H3,(H,20,21). The third kappa shape index (κ3) is 3.00. The first-order chi connectivity index (χ1) is 10.5. The van der Waals surface area contributed by atoms with Crippen molar-refractivity contribution in [2.45, 2.75) is 20.4 Å². The normalized spacial score (nSPS) is 10.4. The van der Waals surface area contributed by atoms with Crippen molar-refractivity contribution in [3.63, 3.8) is 0 Å². The van der Waals surface area contributed by atoms with Gasteiger partial charge in [-0.15, -0.1) is 0 Å². The van der Waals surface area contributed by atoms with Crippen LogP contribution in [-0.4, -0.2) is 23.3 Å². The fourth-order valence-corrected chi connectivity index (χ4v) is 2.31. The van der Waals surface area contributed by atoms with E-state index in [1.54, 1.807) is 26.3 Å². The number of ether oxygens (including phenoxy) is 1. The Morgan fingerprint density at radius 1 is 1.36 bits per heavy atom. The van der Waals surface area contributed by atoms with Gasteiger partial charge in [-0.3, -0.25) is 9.88 Å². The van der Waals surface area contributed by atoms with Crippen LogP contribution in [-0.2, 0) is 6.54 Å². The average molecular weight is 304 g/mol. The topological polar surface area (TPSA) is 62.7 Å². The van der Waals surface area contributed by atoms with Crippen LogP contribution in [0.5, 0.6) is 5.75 Å². The van der Waals surface area contributed by atoms with E-state index in [9.17, 15) is 14.3 Å². The molecule has 0 saturated heterocycles. The maximum atomic E-state index is 13.9. The zero-order valence-electron chi connectivity index (χ0n) is 12.6. The van der Waals surface area contributed by atoms with Gasteiger partial charge in [0.25, 0.3) is 0 Å². The number of methoxy groups -OCH3 is 1. The Balaban J connectivity index is 2.42. The summed E-state index contributed by atoms with van der Waals surface area (Å²) in [6.07, 6.45) is 0.369.